The number of nitrogens with zero attached hydrogens (tertiary/aromatic N) is 3. The number of nitrogens with one attached hydrogen (secondary N) is 2. The van der Waals surface area contributed by atoms with Crippen molar-refractivity contribution in [2.75, 3.05) is 36.6 Å². The van der Waals surface area contributed by atoms with Crippen LogP contribution in [0.4, 0.5) is 27.3 Å². The maximum atomic E-state index is 15.5. The van der Waals surface area contributed by atoms with Gasteiger partial charge in [0.2, 0.25) is 5.88 Å². The molecule has 0 saturated carbocycles. The number of anilines is 4. The normalized spacial score (nSPS) is 15.7. The van der Waals surface area contributed by atoms with Crippen molar-refractivity contribution in [3.8, 4) is 17.0 Å². The number of amides is 1. The molecule has 1 amide bonds. The minimum atomic E-state index is -0.508. The molecule has 4 N–H and O–H groups in total. The molecule has 0 fully saturated rings. The summed E-state index contributed by atoms with van der Waals surface area (Å²) in [4.78, 5) is 23.2. The van der Waals surface area contributed by atoms with E-state index in [0.29, 0.717) is 46.9 Å². The van der Waals surface area contributed by atoms with E-state index in [9.17, 15) is 4.79 Å². The Kier molecular flexibility index (Phi) is 5.01. The summed E-state index contributed by atoms with van der Waals surface area (Å²) in [6.07, 6.45) is 3.19. The number of benzene rings is 2. The quantitative estimate of drug-likeness (QED) is 0.334. The van der Waals surface area contributed by atoms with Gasteiger partial charge in [-0.25, -0.2) is 14.4 Å². The third-order valence-electron chi connectivity index (χ3n) is 7.56. The first-order valence-corrected chi connectivity index (χ1v) is 12.1. The van der Waals surface area contributed by atoms with Gasteiger partial charge in [-0.3, -0.25) is 4.79 Å². The van der Waals surface area contributed by atoms with Crippen LogP contribution in [0.15, 0.2) is 42.7 Å². The number of hydrogen-bond donors (Lipinski definition) is 3. The van der Waals surface area contributed by atoms with E-state index in [1.54, 1.807) is 23.4 Å². The topological polar surface area (TPSA) is 105 Å². The van der Waals surface area contributed by atoms with Gasteiger partial charge in [0.15, 0.2) is 5.82 Å². The SMILES string of the molecule is Cc1c(-c2cc3cc(Nc4ccc5c(c4)C(C)(C)N(C)C5=O)ncc3c(N)c2F)cnc2c1NCCO2. The maximum Gasteiger partial charge on any atom is 0.254 e. The van der Waals surface area contributed by atoms with Crippen LogP contribution in [0.5, 0.6) is 5.88 Å². The fourth-order valence-corrected chi connectivity index (χ4v) is 5.13. The van der Waals surface area contributed by atoms with Crippen molar-refractivity contribution in [3.63, 3.8) is 0 Å². The van der Waals surface area contributed by atoms with Crippen LogP contribution in [0, 0.1) is 12.7 Å². The zero-order valence-corrected chi connectivity index (χ0v) is 21.1. The van der Waals surface area contributed by atoms with E-state index in [1.165, 1.54) is 0 Å². The number of pyridine rings is 2. The zero-order valence-electron chi connectivity index (χ0n) is 21.1. The number of rotatable bonds is 3. The van der Waals surface area contributed by atoms with Crippen molar-refractivity contribution in [2.24, 2.45) is 0 Å². The third kappa shape index (κ3) is 3.45. The predicted octanol–water partition coefficient (Wildman–Crippen LogP) is 5.20. The number of hydrogen-bond acceptors (Lipinski definition) is 7. The average molecular weight is 499 g/mol. The van der Waals surface area contributed by atoms with Gasteiger partial charge >= 0.3 is 0 Å². The second kappa shape index (κ2) is 8.06. The molecule has 0 saturated heterocycles. The van der Waals surface area contributed by atoms with Crippen LogP contribution < -0.4 is 21.1 Å². The molecule has 0 unspecified atom stereocenters. The van der Waals surface area contributed by atoms with Crippen molar-refractivity contribution in [1.82, 2.24) is 14.9 Å². The number of halogens is 1. The molecule has 8 nitrogen and oxygen atoms in total. The molecule has 0 atom stereocenters. The smallest absolute Gasteiger partial charge is 0.254 e. The second-order valence-electron chi connectivity index (χ2n) is 10.0. The second-order valence-corrected chi connectivity index (χ2v) is 10.0. The van der Waals surface area contributed by atoms with E-state index in [2.05, 4.69) is 20.6 Å². The molecule has 2 aliphatic rings. The Hall–Kier alpha value is -4.40. The van der Waals surface area contributed by atoms with Gasteiger partial charge in [0.1, 0.15) is 18.1 Å². The number of carbonyl (C=O) groups is 1. The summed E-state index contributed by atoms with van der Waals surface area (Å²) in [5.41, 5.74) is 10.9. The number of aromatic nitrogens is 2. The number of nitrogens with two attached hydrogens (primary N) is 1. The zero-order chi connectivity index (χ0) is 26.1. The summed E-state index contributed by atoms with van der Waals surface area (Å²) in [7, 11) is 1.81. The Morgan fingerprint density at radius 2 is 1.95 bits per heavy atom. The number of carbonyl (C=O) groups excluding carboxylic acids is 1. The van der Waals surface area contributed by atoms with Crippen LogP contribution in [0.25, 0.3) is 21.9 Å². The van der Waals surface area contributed by atoms with Crippen molar-refractivity contribution < 1.29 is 13.9 Å². The molecule has 6 rings (SSSR count). The maximum absolute atomic E-state index is 15.5. The average Bonchev–Trinajstić information content (AvgIpc) is 3.06. The molecule has 4 heterocycles. The highest BCUT2D eigenvalue weighted by Crippen LogP contribution is 2.41. The lowest BCUT2D eigenvalue weighted by atomic mass is 9.93. The Morgan fingerprint density at radius 1 is 1.14 bits per heavy atom. The molecule has 2 aromatic heterocycles. The van der Waals surface area contributed by atoms with Crippen LogP contribution in [0.2, 0.25) is 0 Å². The number of fused-ring (bicyclic) bond motifs is 3. The Bertz CT molecular complexity index is 1620. The van der Waals surface area contributed by atoms with Crippen LogP contribution >= 0.6 is 0 Å². The molecule has 188 valence electrons. The van der Waals surface area contributed by atoms with Crippen molar-refractivity contribution in [2.45, 2.75) is 26.3 Å². The molecule has 0 bridgehead atoms. The van der Waals surface area contributed by atoms with Gasteiger partial charge in [-0.05, 0) is 67.6 Å². The summed E-state index contributed by atoms with van der Waals surface area (Å²) in [6, 6.07) is 9.28. The van der Waals surface area contributed by atoms with Crippen molar-refractivity contribution in [1.29, 1.82) is 0 Å². The van der Waals surface area contributed by atoms with Crippen LogP contribution in [-0.4, -0.2) is 41.0 Å². The van der Waals surface area contributed by atoms with Gasteiger partial charge in [0, 0.05) is 53.8 Å². The first-order valence-electron chi connectivity index (χ1n) is 12.1. The summed E-state index contributed by atoms with van der Waals surface area (Å²) < 4.78 is 21.1. The Morgan fingerprint density at radius 3 is 2.76 bits per heavy atom. The summed E-state index contributed by atoms with van der Waals surface area (Å²) in [6.45, 7) is 7.15. The predicted molar refractivity (Wildman–Crippen MR) is 143 cm³/mol. The van der Waals surface area contributed by atoms with E-state index in [-0.39, 0.29) is 11.6 Å². The largest absolute Gasteiger partial charge is 0.474 e. The lowest BCUT2D eigenvalue weighted by Gasteiger charge is -2.28. The van der Waals surface area contributed by atoms with Crippen LogP contribution in [-0.2, 0) is 5.54 Å². The third-order valence-corrected chi connectivity index (χ3v) is 7.56. The molecular formula is C28H27FN6O2. The van der Waals surface area contributed by atoms with Gasteiger partial charge in [0.05, 0.1) is 11.2 Å². The monoisotopic (exact) mass is 498 g/mol. The van der Waals surface area contributed by atoms with E-state index < -0.39 is 11.4 Å². The molecule has 0 spiro atoms. The molecule has 37 heavy (non-hydrogen) atoms. The van der Waals surface area contributed by atoms with Gasteiger partial charge in [0.25, 0.3) is 5.91 Å². The van der Waals surface area contributed by atoms with Gasteiger partial charge in [-0.1, -0.05) is 0 Å². The first-order chi connectivity index (χ1) is 17.7. The highest BCUT2D eigenvalue weighted by molar-refractivity contribution is 6.01. The van der Waals surface area contributed by atoms with Gasteiger partial charge in [-0.2, -0.15) is 0 Å². The first kappa shape index (κ1) is 23.0. The highest BCUT2D eigenvalue weighted by Gasteiger charge is 2.40. The lowest BCUT2D eigenvalue weighted by Crippen LogP contribution is -2.35. The highest BCUT2D eigenvalue weighted by atomic mass is 19.1. The summed E-state index contributed by atoms with van der Waals surface area (Å²) in [5.74, 6) is 0.596. The van der Waals surface area contributed by atoms with Crippen LogP contribution in [0.1, 0.15) is 35.3 Å². The Balaban J connectivity index is 1.40. The van der Waals surface area contributed by atoms with Crippen molar-refractivity contribution >= 4 is 39.6 Å². The fourth-order valence-electron chi connectivity index (χ4n) is 5.13. The molecule has 4 aromatic rings. The summed E-state index contributed by atoms with van der Waals surface area (Å²) >= 11 is 0. The number of ether oxygens (including phenoxy) is 1. The van der Waals surface area contributed by atoms with Crippen LogP contribution in [0.3, 0.4) is 0 Å². The van der Waals surface area contributed by atoms with E-state index >= 15 is 4.39 Å². The Labute approximate surface area is 213 Å². The van der Waals surface area contributed by atoms with Gasteiger partial charge < -0.3 is 26.0 Å². The minimum Gasteiger partial charge on any atom is -0.474 e. The van der Waals surface area contributed by atoms with E-state index in [0.717, 1.165) is 27.9 Å². The number of nitrogen functional groups attached to an aromatic ring is 1. The van der Waals surface area contributed by atoms with Gasteiger partial charge in [-0.15, -0.1) is 0 Å². The minimum absolute atomic E-state index is 0.00846. The fraction of sp³-hybridized carbons (Fsp3) is 0.250. The molecule has 0 aliphatic carbocycles. The molecule has 2 aliphatic heterocycles. The van der Waals surface area contributed by atoms with E-state index in [4.69, 9.17) is 10.5 Å². The van der Waals surface area contributed by atoms with E-state index in [1.807, 2.05) is 52.1 Å². The molecule has 0 radical (unpaired) electrons. The standard InChI is InChI=1S/C28H27FN6O2/c1-14-19(12-33-26-25(14)31-7-8-37-26)18-9-15-10-22(32-13-20(15)24(30)23(18)29)34-16-5-6-17-21(11-16)28(2,3)35(4)27(17)36/h5-6,9-13,31H,7-8,30H2,1-4H3,(H,32,34). The molecule has 2 aromatic carbocycles. The molecule has 9 heteroatoms. The summed E-state index contributed by atoms with van der Waals surface area (Å²) in [5, 5.41) is 7.88. The van der Waals surface area contributed by atoms with Crippen molar-refractivity contribution in [3.05, 3.63) is 65.2 Å². The lowest BCUT2D eigenvalue weighted by molar-refractivity contribution is 0.0691. The molecular weight excluding hydrogens is 471 g/mol.